The fourth-order valence-electron chi connectivity index (χ4n) is 3.79. The SMILES string of the molecule is CCN(CCCC(=O)O)C(=O)CNC(=O)OCC1c2ccccc2-c2ccccc21. The lowest BCUT2D eigenvalue weighted by atomic mass is 9.98. The molecule has 158 valence electrons. The first-order chi connectivity index (χ1) is 14.5. The number of carboxylic acids is 1. The van der Waals surface area contributed by atoms with Crippen LogP contribution in [0.2, 0.25) is 0 Å². The van der Waals surface area contributed by atoms with Crippen LogP contribution in [0.1, 0.15) is 36.8 Å². The molecule has 0 unspecified atom stereocenters. The number of ether oxygens (including phenoxy) is 1. The minimum atomic E-state index is -0.893. The minimum Gasteiger partial charge on any atom is -0.481 e. The highest BCUT2D eigenvalue weighted by atomic mass is 16.5. The van der Waals surface area contributed by atoms with Gasteiger partial charge < -0.3 is 20.1 Å². The fraction of sp³-hybridized carbons (Fsp3) is 0.348. The third-order valence-corrected chi connectivity index (χ3v) is 5.28. The van der Waals surface area contributed by atoms with Crippen LogP contribution >= 0.6 is 0 Å². The molecule has 7 heteroatoms. The maximum Gasteiger partial charge on any atom is 0.407 e. The lowest BCUT2D eigenvalue weighted by molar-refractivity contribution is -0.138. The highest BCUT2D eigenvalue weighted by Crippen LogP contribution is 2.44. The van der Waals surface area contributed by atoms with E-state index in [2.05, 4.69) is 17.4 Å². The second-order valence-corrected chi connectivity index (χ2v) is 7.15. The van der Waals surface area contributed by atoms with Gasteiger partial charge in [0.1, 0.15) is 13.2 Å². The average molecular weight is 410 g/mol. The van der Waals surface area contributed by atoms with Crippen molar-refractivity contribution in [3.05, 3.63) is 59.7 Å². The van der Waals surface area contributed by atoms with Crippen molar-refractivity contribution in [3.63, 3.8) is 0 Å². The Labute approximate surface area is 175 Å². The van der Waals surface area contributed by atoms with Gasteiger partial charge in [0.05, 0.1) is 0 Å². The summed E-state index contributed by atoms with van der Waals surface area (Å²) >= 11 is 0. The Hall–Kier alpha value is -3.35. The Morgan fingerprint density at radius 3 is 2.20 bits per heavy atom. The molecule has 0 saturated heterocycles. The van der Waals surface area contributed by atoms with E-state index in [1.807, 2.05) is 43.3 Å². The Morgan fingerprint density at radius 1 is 1.03 bits per heavy atom. The standard InChI is InChI=1S/C23H26N2O5/c1-2-25(13-7-12-22(27)28)21(26)14-24-23(29)30-15-20-18-10-5-3-8-16(18)17-9-4-6-11-19(17)20/h3-6,8-11,20H,2,7,12-15H2,1H3,(H,24,29)(H,27,28). The molecule has 0 heterocycles. The van der Waals surface area contributed by atoms with Crippen molar-refractivity contribution in [2.24, 2.45) is 0 Å². The smallest absolute Gasteiger partial charge is 0.407 e. The molecule has 0 spiro atoms. The van der Waals surface area contributed by atoms with E-state index in [1.165, 1.54) is 4.90 Å². The minimum absolute atomic E-state index is 0.00356. The number of nitrogens with one attached hydrogen (secondary N) is 1. The Morgan fingerprint density at radius 2 is 1.63 bits per heavy atom. The van der Waals surface area contributed by atoms with E-state index in [0.717, 1.165) is 22.3 Å². The number of likely N-dealkylation sites (N-methyl/N-ethyl adjacent to an activating group) is 1. The summed E-state index contributed by atoms with van der Waals surface area (Å²) in [6.07, 6.45) is -0.268. The summed E-state index contributed by atoms with van der Waals surface area (Å²) in [5, 5.41) is 11.2. The monoisotopic (exact) mass is 410 g/mol. The first kappa shape index (κ1) is 21.4. The van der Waals surface area contributed by atoms with Crippen LogP contribution in [-0.4, -0.2) is 54.2 Å². The molecular weight excluding hydrogens is 384 g/mol. The molecule has 0 atom stereocenters. The van der Waals surface area contributed by atoms with E-state index < -0.39 is 12.1 Å². The second-order valence-electron chi connectivity index (χ2n) is 7.15. The zero-order chi connectivity index (χ0) is 21.5. The van der Waals surface area contributed by atoms with E-state index in [0.29, 0.717) is 19.5 Å². The second kappa shape index (κ2) is 9.91. The molecule has 0 fully saturated rings. The van der Waals surface area contributed by atoms with Gasteiger partial charge in [0.2, 0.25) is 5.91 Å². The van der Waals surface area contributed by atoms with E-state index in [1.54, 1.807) is 0 Å². The van der Waals surface area contributed by atoms with E-state index in [9.17, 15) is 14.4 Å². The third-order valence-electron chi connectivity index (χ3n) is 5.28. The van der Waals surface area contributed by atoms with Crippen LogP contribution in [-0.2, 0) is 14.3 Å². The number of hydrogen-bond donors (Lipinski definition) is 2. The number of aliphatic carboxylic acids is 1. The number of fused-ring (bicyclic) bond motifs is 3. The first-order valence-corrected chi connectivity index (χ1v) is 10.1. The van der Waals surface area contributed by atoms with Crippen LogP contribution in [0.25, 0.3) is 11.1 Å². The van der Waals surface area contributed by atoms with Crippen molar-refractivity contribution in [1.82, 2.24) is 10.2 Å². The van der Waals surface area contributed by atoms with Crippen LogP contribution in [0.15, 0.2) is 48.5 Å². The van der Waals surface area contributed by atoms with Gasteiger partial charge in [0.25, 0.3) is 0 Å². The lowest BCUT2D eigenvalue weighted by Gasteiger charge is -2.21. The summed E-state index contributed by atoms with van der Waals surface area (Å²) in [6, 6.07) is 16.1. The van der Waals surface area contributed by atoms with Gasteiger partial charge in [-0.15, -0.1) is 0 Å². The van der Waals surface area contributed by atoms with Gasteiger partial charge >= 0.3 is 12.1 Å². The van der Waals surface area contributed by atoms with Crippen molar-refractivity contribution < 1.29 is 24.2 Å². The topological polar surface area (TPSA) is 95.9 Å². The summed E-state index contributed by atoms with van der Waals surface area (Å²) in [5.74, 6) is -1.20. The van der Waals surface area contributed by atoms with E-state index in [-0.39, 0.29) is 31.4 Å². The fourth-order valence-corrected chi connectivity index (χ4v) is 3.79. The zero-order valence-corrected chi connectivity index (χ0v) is 17.0. The average Bonchev–Trinajstić information content (AvgIpc) is 3.07. The summed E-state index contributed by atoms with van der Waals surface area (Å²) in [7, 11) is 0. The molecule has 1 aliphatic rings. The molecule has 2 N–H and O–H groups in total. The summed E-state index contributed by atoms with van der Waals surface area (Å²) < 4.78 is 5.42. The van der Waals surface area contributed by atoms with Gasteiger partial charge in [0, 0.05) is 25.4 Å². The lowest BCUT2D eigenvalue weighted by Crippen LogP contribution is -2.41. The van der Waals surface area contributed by atoms with Gasteiger partial charge in [-0.1, -0.05) is 48.5 Å². The zero-order valence-electron chi connectivity index (χ0n) is 17.0. The molecule has 1 aliphatic carbocycles. The number of amides is 2. The number of carboxylic acid groups (broad SMARTS) is 1. The normalized spacial score (nSPS) is 12.0. The molecule has 7 nitrogen and oxygen atoms in total. The molecular formula is C23H26N2O5. The highest BCUT2D eigenvalue weighted by Gasteiger charge is 2.29. The Kier molecular flexibility index (Phi) is 7.06. The maximum atomic E-state index is 12.3. The number of benzene rings is 2. The van der Waals surface area contributed by atoms with Crippen LogP contribution < -0.4 is 5.32 Å². The molecule has 0 radical (unpaired) electrons. The predicted molar refractivity (Wildman–Crippen MR) is 112 cm³/mol. The molecule has 0 saturated carbocycles. The third kappa shape index (κ3) is 4.97. The van der Waals surface area contributed by atoms with Gasteiger partial charge in [0.15, 0.2) is 0 Å². The molecule has 2 aromatic rings. The summed E-state index contributed by atoms with van der Waals surface area (Å²) in [4.78, 5) is 36.5. The van der Waals surface area contributed by atoms with Gasteiger partial charge in [-0.3, -0.25) is 9.59 Å². The number of alkyl carbamates (subject to hydrolysis) is 1. The molecule has 30 heavy (non-hydrogen) atoms. The quantitative estimate of drug-likeness (QED) is 0.662. The van der Waals surface area contributed by atoms with Crippen molar-refractivity contribution in [2.75, 3.05) is 26.2 Å². The molecule has 2 aromatic carbocycles. The number of carbonyl (C=O) groups is 3. The van der Waals surface area contributed by atoms with Gasteiger partial charge in [-0.05, 0) is 35.6 Å². The maximum absolute atomic E-state index is 12.3. The van der Waals surface area contributed by atoms with Gasteiger partial charge in [-0.25, -0.2) is 4.79 Å². The summed E-state index contributed by atoms with van der Waals surface area (Å²) in [6.45, 7) is 2.60. The number of hydrogen-bond acceptors (Lipinski definition) is 4. The summed E-state index contributed by atoms with van der Waals surface area (Å²) in [5.41, 5.74) is 4.55. The molecule has 3 rings (SSSR count). The van der Waals surface area contributed by atoms with Crippen molar-refractivity contribution >= 4 is 18.0 Å². The highest BCUT2D eigenvalue weighted by molar-refractivity contribution is 5.82. The van der Waals surface area contributed by atoms with Crippen molar-refractivity contribution in [3.8, 4) is 11.1 Å². The molecule has 2 amide bonds. The van der Waals surface area contributed by atoms with Crippen LogP contribution in [0.5, 0.6) is 0 Å². The van der Waals surface area contributed by atoms with E-state index in [4.69, 9.17) is 9.84 Å². The number of carbonyl (C=O) groups excluding carboxylic acids is 2. The molecule has 0 aliphatic heterocycles. The van der Waals surface area contributed by atoms with Gasteiger partial charge in [-0.2, -0.15) is 0 Å². The predicted octanol–water partition coefficient (Wildman–Crippen LogP) is 3.24. The van der Waals surface area contributed by atoms with Crippen LogP contribution in [0.3, 0.4) is 0 Å². The molecule has 0 bridgehead atoms. The first-order valence-electron chi connectivity index (χ1n) is 10.1. The van der Waals surface area contributed by atoms with Crippen molar-refractivity contribution in [1.29, 1.82) is 0 Å². The Bertz CT molecular complexity index is 882. The van der Waals surface area contributed by atoms with Crippen molar-refractivity contribution in [2.45, 2.75) is 25.7 Å². The van der Waals surface area contributed by atoms with Crippen LogP contribution in [0, 0.1) is 0 Å². The molecule has 0 aromatic heterocycles. The van der Waals surface area contributed by atoms with Crippen LogP contribution in [0.4, 0.5) is 4.79 Å². The van der Waals surface area contributed by atoms with E-state index >= 15 is 0 Å². The number of rotatable bonds is 9. The largest absolute Gasteiger partial charge is 0.481 e. The Balaban J connectivity index is 1.51. The number of nitrogens with zero attached hydrogens (tertiary/aromatic N) is 1.